The summed E-state index contributed by atoms with van der Waals surface area (Å²) in [5, 5.41) is 7.26. The summed E-state index contributed by atoms with van der Waals surface area (Å²) in [5.41, 5.74) is 1.08. The van der Waals surface area contributed by atoms with E-state index in [1.54, 1.807) is 10.9 Å². The molecule has 0 saturated carbocycles. The predicted octanol–water partition coefficient (Wildman–Crippen LogP) is 2.26. The summed E-state index contributed by atoms with van der Waals surface area (Å²) in [5.74, 6) is -0.223. The van der Waals surface area contributed by atoms with Crippen LogP contribution in [0.4, 0.5) is 10.2 Å². The molecule has 4 nitrogen and oxygen atoms in total. The van der Waals surface area contributed by atoms with E-state index in [4.69, 9.17) is 11.6 Å². The van der Waals surface area contributed by atoms with Crippen molar-refractivity contribution < 1.29 is 4.39 Å². The summed E-state index contributed by atoms with van der Waals surface area (Å²) in [6, 6.07) is 3.16. The molecule has 0 atom stereocenters. The fraction of sp³-hybridized carbons (Fsp3) is 0.273. The van der Waals surface area contributed by atoms with E-state index < -0.39 is 5.82 Å². The highest BCUT2D eigenvalue weighted by atomic mass is 35.5. The molecule has 2 aromatic heterocycles. The molecule has 0 aliphatic carbocycles. The Morgan fingerprint density at radius 2 is 2.35 bits per heavy atom. The normalized spacial score (nSPS) is 10.5. The number of aromatic nitrogens is 3. The number of rotatable bonds is 4. The van der Waals surface area contributed by atoms with Gasteiger partial charge in [-0.15, -0.1) is 0 Å². The van der Waals surface area contributed by atoms with Crippen LogP contribution in [0.1, 0.15) is 5.69 Å². The standard InChI is InChI=1S/C11H12ClFN4/c1-17-9(3-5-16-17)2-4-14-11-10(13)6-8(12)7-15-11/h3,5-7H,2,4H2,1H3,(H,14,15). The van der Waals surface area contributed by atoms with Gasteiger partial charge in [-0.05, 0) is 12.1 Å². The van der Waals surface area contributed by atoms with Crippen molar-refractivity contribution in [3.05, 3.63) is 41.1 Å². The van der Waals surface area contributed by atoms with Gasteiger partial charge in [0, 0.05) is 38.1 Å². The van der Waals surface area contributed by atoms with Crippen LogP contribution in [0.15, 0.2) is 24.5 Å². The van der Waals surface area contributed by atoms with Gasteiger partial charge in [0.1, 0.15) is 0 Å². The zero-order valence-corrected chi connectivity index (χ0v) is 10.1. The molecule has 0 radical (unpaired) electrons. The summed E-state index contributed by atoms with van der Waals surface area (Å²) in [4.78, 5) is 3.88. The molecule has 0 spiro atoms. The Kier molecular flexibility index (Phi) is 3.58. The lowest BCUT2D eigenvalue weighted by atomic mass is 10.3. The molecule has 2 heterocycles. The van der Waals surface area contributed by atoms with E-state index in [1.807, 2.05) is 13.1 Å². The number of aryl methyl sites for hydroxylation is 1. The quantitative estimate of drug-likeness (QED) is 0.910. The maximum Gasteiger partial charge on any atom is 0.166 e. The van der Waals surface area contributed by atoms with Crippen LogP contribution in [0, 0.1) is 5.82 Å². The van der Waals surface area contributed by atoms with E-state index in [0.29, 0.717) is 11.6 Å². The van der Waals surface area contributed by atoms with Crippen LogP contribution in [0.3, 0.4) is 0 Å². The first kappa shape index (κ1) is 11.9. The maximum absolute atomic E-state index is 13.4. The number of hydrogen-bond donors (Lipinski definition) is 1. The Hall–Kier alpha value is -1.62. The van der Waals surface area contributed by atoms with Crippen molar-refractivity contribution in [2.75, 3.05) is 11.9 Å². The third-order valence-electron chi connectivity index (χ3n) is 2.40. The Bertz CT molecular complexity index is 512. The fourth-order valence-electron chi connectivity index (χ4n) is 1.50. The molecule has 1 N–H and O–H groups in total. The van der Waals surface area contributed by atoms with Gasteiger partial charge in [-0.25, -0.2) is 9.37 Å². The van der Waals surface area contributed by atoms with E-state index in [9.17, 15) is 4.39 Å². The van der Waals surface area contributed by atoms with E-state index in [2.05, 4.69) is 15.4 Å². The molecule has 0 aliphatic heterocycles. The third-order valence-corrected chi connectivity index (χ3v) is 2.61. The van der Waals surface area contributed by atoms with Crippen LogP contribution in [0.2, 0.25) is 5.02 Å². The summed E-state index contributed by atoms with van der Waals surface area (Å²) >= 11 is 5.61. The van der Waals surface area contributed by atoms with Gasteiger partial charge in [-0.2, -0.15) is 5.10 Å². The molecule has 0 aromatic carbocycles. The van der Waals surface area contributed by atoms with E-state index in [-0.39, 0.29) is 5.82 Å². The SMILES string of the molecule is Cn1nccc1CCNc1ncc(Cl)cc1F. The van der Waals surface area contributed by atoms with Gasteiger partial charge in [-0.1, -0.05) is 11.6 Å². The molecule has 90 valence electrons. The molecular formula is C11H12ClFN4. The Balaban J connectivity index is 1.92. The van der Waals surface area contributed by atoms with Gasteiger partial charge < -0.3 is 5.32 Å². The first-order valence-corrected chi connectivity index (χ1v) is 5.56. The predicted molar refractivity (Wildman–Crippen MR) is 64.6 cm³/mol. The van der Waals surface area contributed by atoms with Crippen LogP contribution in [-0.2, 0) is 13.5 Å². The molecule has 0 saturated heterocycles. The minimum Gasteiger partial charge on any atom is -0.367 e. The number of hydrogen-bond acceptors (Lipinski definition) is 3. The van der Waals surface area contributed by atoms with Crippen LogP contribution in [0.5, 0.6) is 0 Å². The van der Waals surface area contributed by atoms with Gasteiger partial charge in [0.25, 0.3) is 0 Å². The zero-order valence-electron chi connectivity index (χ0n) is 9.32. The lowest BCUT2D eigenvalue weighted by Crippen LogP contribution is -2.10. The first-order valence-electron chi connectivity index (χ1n) is 5.18. The largest absolute Gasteiger partial charge is 0.367 e. The van der Waals surface area contributed by atoms with Crippen molar-refractivity contribution in [3.63, 3.8) is 0 Å². The highest BCUT2D eigenvalue weighted by molar-refractivity contribution is 6.30. The van der Waals surface area contributed by atoms with E-state index in [1.165, 1.54) is 12.3 Å². The minimum absolute atomic E-state index is 0.219. The molecule has 0 bridgehead atoms. The number of halogens is 2. The van der Waals surface area contributed by atoms with Crippen molar-refractivity contribution in [2.24, 2.45) is 7.05 Å². The van der Waals surface area contributed by atoms with Crippen LogP contribution in [0.25, 0.3) is 0 Å². The molecule has 2 rings (SSSR count). The van der Waals surface area contributed by atoms with Crippen LogP contribution < -0.4 is 5.32 Å². The van der Waals surface area contributed by atoms with Crippen molar-refractivity contribution in [3.8, 4) is 0 Å². The first-order chi connectivity index (χ1) is 8.16. The number of pyridine rings is 1. The molecule has 2 aromatic rings. The summed E-state index contributed by atoms with van der Waals surface area (Å²) in [6.07, 6.45) is 3.90. The van der Waals surface area contributed by atoms with Crippen LogP contribution in [-0.4, -0.2) is 21.3 Å². The zero-order chi connectivity index (χ0) is 12.3. The highest BCUT2D eigenvalue weighted by Crippen LogP contribution is 2.15. The minimum atomic E-state index is -0.442. The number of nitrogens with one attached hydrogen (secondary N) is 1. The van der Waals surface area contributed by atoms with Gasteiger partial charge in [0.15, 0.2) is 11.6 Å². The molecule has 17 heavy (non-hydrogen) atoms. The summed E-state index contributed by atoms with van der Waals surface area (Å²) in [7, 11) is 1.87. The molecule has 0 fully saturated rings. The fourth-order valence-corrected chi connectivity index (χ4v) is 1.64. The highest BCUT2D eigenvalue weighted by Gasteiger charge is 2.04. The number of nitrogens with zero attached hydrogens (tertiary/aromatic N) is 3. The number of anilines is 1. The van der Waals surface area contributed by atoms with Gasteiger partial charge >= 0.3 is 0 Å². The summed E-state index contributed by atoms with van der Waals surface area (Å²) in [6.45, 7) is 0.588. The lowest BCUT2D eigenvalue weighted by Gasteiger charge is -2.06. The van der Waals surface area contributed by atoms with Crippen LogP contribution >= 0.6 is 11.6 Å². The third kappa shape index (κ3) is 2.94. The van der Waals surface area contributed by atoms with Gasteiger partial charge in [-0.3, -0.25) is 4.68 Å². The maximum atomic E-state index is 13.4. The average Bonchev–Trinajstić information content (AvgIpc) is 2.68. The lowest BCUT2D eigenvalue weighted by molar-refractivity contribution is 0.623. The monoisotopic (exact) mass is 254 g/mol. The molecule has 6 heteroatoms. The van der Waals surface area contributed by atoms with Gasteiger partial charge in [0.05, 0.1) is 5.02 Å². The average molecular weight is 255 g/mol. The Labute approximate surface area is 103 Å². The Morgan fingerprint density at radius 1 is 1.53 bits per heavy atom. The second-order valence-electron chi connectivity index (χ2n) is 3.61. The molecular weight excluding hydrogens is 243 g/mol. The van der Waals surface area contributed by atoms with Crippen molar-refractivity contribution in [2.45, 2.75) is 6.42 Å². The molecule has 0 unspecified atom stereocenters. The van der Waals surface area contributed by atoms with E-state index in [0.717, 1.165) is 12.1 Å². The Morgan fingerprint density at radius 3 is 3.00 bits per heavy atom. The molecule has 0 aliphatic rings. The van der Waals surface area contributed by atoms with Crippen molar-refractivity contribution in [1.29, 1.82) is 0 Å². The van der Waals surface area contributed by atoms with Crippen molar-refractivity contribution >= 4 is 17.4 Å². The van der Waals surface area contributed by atoms with Crippen molar-refractivity contribution in [1.82, 2.24) is 14.8 Å². The van der Waals surface area contributed by atoms with Gasteiger partial charge in [0.2, 0.25) is 0 Å². The van der Waals surface area contributed by atoms with E-state index >= 15 is 0 Å². The smallest absolute Gasteiger partial charge is 0.166 e. The second kappa shape index (κ2) is 5.14. The summed E-state index contributed by atoms with van der Waals surface area (Å²) < 4.78 is 15.2. The topological polar surface area (TPSA) is 42.7 Å². The second-order valence-corrected chi connectivity index (χ2v) is 4.04. The molecule has 0 amide bonds.